The molecule has 4 aromatic rings. The third-order valence-corrected chi connectivity index (χ3v) is 4.66. The van der Waals surface area contributed by atoms with Gasteiger partial charge in [-0.1, -0.05) is 18.2 Å². The Bertz CT molecular complexity index is 1170. The maximum atomic E-state index is 11.1. The number of aliphatic carboxylic acids is 1. The van der Waals surface area contributed by atoms with Gasteiger partial charge < -0.3 is 20.0 Å². The molecule has 3 N–H and O–H groups in total. The SMILES string of the molecule is NCc1cc(-c2cc(COc3ccccc3CC(=O)O)cc3ccoc23)ccn1. The molecule has 0 amide bonds. The molecule has 2 aromatic heterocycles. The predicted octanol–water partition coefficient (Wildman–Crippen LogP) is 4.16. The number of hydrogen-bond acceptors (Lipinski definition) is 5. The number of para-hydroxylation sites is 1. The van der Waals surface area contributed by atoms with Crippen molar-refractivity contribution >= 4 is 16.9 Å². The van der Waals surface area contributed by atoms with Gasteiger partial charge >= 0.3 is 5.97 Å². The van der Waals surface area contributed by atoms with E-state index in [1.54, 1.807) is 30.7 Å². The van der Waals surface area contributed by atoms with Crippen molar-refractivity contribution in [1.29, 1.82) is 0 Å². The van der Waals surface area contributed by atoms with Crippen LogP contribution in [0.2, 0.25) is 0 Å². The molecule has 4 rings (SSSR count). The molecule has 146 valence electrons. The summed E-state index contributed by atoms with van der Waals surface area (Å²) in [5.74, 6) is -0.324. The third kappa shape index (κ3) is 4.12. The number of fused-ring (bicyclic) bond motifs is 1. The summed E-state index contributed by atoms with van der Waals surface area (Å²) < 4.78 is 11.7. The molecule has 2 aromatic carbocycles. The van der Waals surface area contributed by atoms with E-state index in [1.165, 1.54) is 0 Å². The standard InChI is InChI=1S/C23H20N2O4/c24-13-19-11-16(5-7-25-19)20-10-15(9-18-6-8-28-23(18)20)14-29-21-4-2-1-3-17(21)12-22(26)27/h1-11H,12-14,24H2,(H,26,27). The Morgan fingerprint density at radius 3 is 2.83 bits per heavy atom. The van der Waals surface area contributed by atoms with Gasteiger partial charge in [0.15, 0.2) is 0 Å². The summed E-state index contributed by atoms with van der Waals surface area (Å²) in [5, 5.41) is 10.1. The van der Waals surface area contributed by atoms with Gasteiger partial charge in [0.05, 0.1) is 18.4 Å². The second-order valence-electron chi connectivity index (χ2n) is 6.69. The van der Waals surface area contributed by atoms with Crippen LogP contribution >= 0.6 is 0 Å². The summed E-state index contributed by atoms with van der Waals surface area (Å²) in [6.07, 6.45) is 3.31. The number of furan rings is 1. The number of carboxylic acid groups (broad SMARTS) is 1. The van der Waals surface area contributed by atoms with E-state index >= 15 is 0 Å². The van der Waals surface area contributed by atoms with E-state index in [4.69, 9.17) is 20.0 Å². The molecule has 29 heavy (non-hydrogen) atoms. The number of hydrogen-bond donors (Lipinski definition) is 2. The molecule has 0 aliphatic rings. The van der Waals surface area contributed by atoms with Crippen LogP contribution in [0.5, 0.6) is 5.75 Å². The molecule has 0 bridgehead atoms. The zero-order chi connectivity index (χ0) is 20.2. The van der Waals surface area contributed by atoms with Crippen molar-refractivity contribution in [3.8, 4) is 16.9 Å². The zero-order valence-corrected chi connectivity index (χ0v) is 15.7. The van der Waals surface area contributed by atoms with Gasteiger partial charge in [-0.15, -0.1) is 0 Å². The minimum Gasteiger partial charge on any atom is -0.489 e. The highest BCUT2D eigenvalue weighted by Gasteiger charge is 2.12. The summed E-state index contributed by atoms with van der Waals surface area (Å²) in [6.45, 7) is 0.665. The normalized spacial score (nSPS) is 10.9. The van der Waals surface area contributed by atoms with Crippen LogP contribution in [0.1, 0.15) is 16.8 Å². The van der Waals surface area contributed by atoms with Crippen molar-refractivity contribution in [1.82, 2.24) is 4.98 Å². The first-order valence-corrected chi connectivity index (χ1v) is 9.22. The molecule has 0 saturated heterocycles. The molecule has 0 atom stereocenters. The average Bonchev–Trinajstić information content (AvgIpc) is 3.21. The van der Waals surface area contributed by atoms with Crippen molar-refractivity contribution < 1.29 is 19.1 Å². The highest BCUT2D eigenvalue weighted by atomic mass is 16.5. The van der Waals surface area contributed by atoms with Crippen molar-refractivity contribution in [3.05, 3.63) is 83.9 Å². The van der Waals surface area contributed by atoms with E-state index in [-0.39, 0.29) is 6.42 Å². The quantitative estimate of drug-likeness (QED) is 0.493. The zero-order valence-electron chi connectivity index (χ0n) is 15.7. The smallest absolute Gasteiger partial charge is 0.307 e. The topological polar surface area (TPSA) is 98.6 Å². The maximum Gasteiger partial charge on any atom is 0.307 e. The Balaban J connectivity index is 1.67. The number of nitrogens with two attached hydrogens (primary N) is 1. The Morgan fingerprint density at radius 1 is 1.14 bits per heavy atom. The number of aromatic nitrogens is 1. The fraction of sp³-hybridized carbons (Fsp3) is 0.130. The number of carboxylic acids is 1. The Hall–Kier alpha value is -3.64. The van der Waals surface area contributed by atoms with Crippen LogP contribution in [0.4, 0.5) is 0 Å². The number of rotatable bonds is 7. The molecular formula is C23H20N2O4. The van der Waals surface area contributed by atoms with E-state index < -0.39 is 5.97 Å². The lowest BCUT2D eigenvalue weighted by molar-refractivity contribution is -0.136. The fourth-order valence-corrected chi connectivity index (χ4v) is 3.31. The summed E-state index contributed by atoms with van der Waals surface area (Å²) in [4.78, 5) is 15.3. The van der Waals surface area contributed by atoms with E-state index in [9.17, 15) is 4.79 Å². The van der Waals surface area contributed by atoms with Crippen molar-refractivity contribution in [3.63, 3.8) is 0 Å². The Kier molecular flexibility index (Phi) is 5.27. The lowest BCUT2D eigenvalue weighted by Gasteiger charge is -2.12. The number of ether oxygens (including phenoxy) is 1. The highest BCUT2D eigenvalue weighted by molar-refractivity contribution is 5.93. The van der Waals surface area contributed by atoms with Gasteiger partial charge in [-0.2, -0.15) is 0 Å². The van der Waals surface area contributed by atoms with E-state index in [0.29, 0.717) is 24.5 Å². The molecule has 6 nitrogen and oxygen atoms in total. The lowest BCUT2D eigenvalue weighted by Crippen LogP contribution is -2.04. The van der Waals surface area contributed by atoms with Gasteiger partial charge in [-0.25, -0.2) is 0 Å². The molecule has 0 fully saturated rings. The van der Waals surface area contributed by atoms with Crippen LogP contribution in [-0.2, 0) is 24.4 Å². The second kappa shape index (κ2) is 8.16. The van der Waals surface area contributed by atoms with Crippen LogP contribution in [0, 0.1) is 0 Å². The largest absolute Gasteiger partial charge is 0.489 e. The van der Waals surface area contributed by atoms with Gasteiger partial charge in [0.25, 0.3) is 0 Å². The van der Waals surface area contributed by atoms with Gasteiger partial charge in [-0.3, -0.25) is 9.78 Å². The minimum atomic E-state index is -0.892. The Labute approximate surface area is 167 Å². The summed E-state index contributed by atoms with van der Waals surface area (Å²) >= 11 is 0. The van der Waals surface area contributed by atoms with Gasteiger partial charge in [-0.05, 0) is 47.5 Å². The van der Waals surface area contributed by atoms with E-state index in [0.717, 1.165) is 33.4 Å². The van der Waals surface area contributed by atoms with Crippen LogP contribution in [0.3, 0.4) is 0 Å². The maximum absolute atomic E-state index is 11.1. The van der Waals surface area contributed by atoms with Crippen LogP contribution in [0.25, 0.3) is 22.1 Å². The number of carbonyl (C=O) groups is 1. The van der Waals surface area contributed by atoms with Crippen molar-refractivity contribution in [2.24, 2.45) is 5.73 Å². The van der Waals surface area contributed by atoms with Crippen LogP contribution in [-0.4, -0.2) is 16.1 Å². The summed E-state index contributed by atoms with van der Waals surface area (Å²) in [5.41, 5.74) is 10.8. The molecule has 2 heterocycles. The second-order valence-corrected chi connectivity index (χ2v) is 6.69. The van der Waals surface area contributed by atoms with Gasteiger partial charge in [0.2, 0.25) is 0 Å². The molecule has 0 aliphatic heterocycles. The van der Waals surface area contributed by atoms with Crippen molar-refractivity contribution in [2.45, 2.75) is 19.6 Å². The first kappa shape index (κ1) is 18.7. The molecule has 0 radical (unpaired) electrons. The van der Waals surface area contributed by atoms with E-state index in [2.05, 4.69) is 4.98 Å². The number of nitrogens with zero attached hydrogens (tertiary/aromatic N) is 1. The van der Waals surface area contributed by atoms with Gasteiger partial charge in [0.1, 0.15) is 17.9 Å². The molecular weight excluding hydrogens is 368 g/mol. The Morgan fingerprint density at radius 2 is 2.00 bits per heavy atom. The lowest BCUT2D eigenvalue weighted by atomic mass is 10.0. The van der Waals surface area contributed by atoms with Gasteiger partial charge in [0, 0.05) is 29.3 Å². The highest BCUT2D eigenvalue weighted by Crippen LogP contribution is 2.32. The van der Waals surface area contributed by atoms with Crippen LogP contribution in [0.15, 0.2) is 71.5 Å². The van der Waals surface area contributed by atoms with E-state index in [1.807, 2.05) is 36.4 Å². The molecule has 0 aliphatic carbocycles. The molecule has 0 unspecified atom stereocenters. The van der Waals surface area contributed by atoms with Crippen LogP contribution < -0.4 is 10.5 Å². The molecule has 6 heteroatoms. The monoisotopic (exact) mass is 388 g/mol. The minimum absolute atomic E-state index is 0.0823. The summed E-state index contributed by atoms with van der Waals surface area (Å²) in [7, 11) is 0. The third-order valence-electron chi connectivity index (χ3n) is 4.66. The van der Waals surface area contributed by atoms with Crippen molar-refractivity contribution in [2.75, 3.05) is 0 Å². The molecule has 0 spiro atoms. The average molecular weight is 388 g/mol. The fourth-order valence-electron chi connectivity index (χ4n) is 3.31. The number of benzene rings is 2. The first-order valence-electron chi connectivity index (χ1n) is 9.22. The predicted molar refractivity (Wildman–Crippen MR) is 109 cm³/mol. The molecule has 0 saturated carbocycles. The summed E-state index contributed by atoms with van der Waals surface area (Å²) in [6, 6.07) is 17.0. The number of pyridine rings is 1. The first-order chi connectivity index (χ1) is 14.1.